The molecule has 0 spiro atoms. The van der Waals surface area contributed by atoms with Gasteiger partial charge in [0, 0.05) is 0 Å². The fourth-order valence-corrected chi connectivity index (χ4v) is 3.47. The number of rotatable bonds is 8. The molecule has 0 aliphatic rings. The Labute approximate surface area is 152 Å². The van der Waals surface area contributed by atoms with Crippen LogP contribution >= 0.6 is 7.82 Å². The summed E-state index contributed by atoms with van der Waals surface area (Å²) in [7, 11) is -3.98. The molecule has 26 heavy (non-hydrogen) atoms. The normalized spacial score (nSPS) is 12.2. The third-order valence-corrected chi connectivity index (χ3v) is 4.67. The van der Waals surface area contributed by atoms with Gasteiger partial charge in [0.1, 0.15) is 17.2 Å². The zero-order valence-electron chi connectivity index (χ0n) is 14.2. The van der Waals surface area contributed by atoms with Crippen LogP contribution in [-0.2, 0) is 9.09 Å². The number of hydrogen-bond acceptors (Lipinski definition) is 5. The molecule has 0 saturated heterocycles. The molecule has 0 bridgehead atoms. The van der Waals surface area contributed by atoms with Crippen LogP contribution in [0.1, 0.15) is 6.92 Å². The second kappa shape index (κ2) is 8.56. The maximum Gasteiger partial charge on any atom is 0.590 e. The summed E-state index contributed by atoms with van der Waals surface area (Å²) in [5.74, 6) is 1.34. The van der Waals surface area contributed by atoms with Gasteiger partial charge in [0.05, 0.1) is 0 Å². The van der Waals surface area contributed by atoms with E-state index in [-0.39, 0.29) is 0 Å². The summed E-state index contributed by atoms with van der Waals surface area (Å²) in [6.45, 7) is 1.63. The van der Waals surface area contributed by atoms with E-state index in [0.717, 1.165) is 0 Å². The monoisotopic (exact) mass is 370 g/mol. The van der Waals surface area contributed by atoms with E-state index >= 15 is 0 Å². The van der Waals surface area contributed by atoms with Gasteiger partial charge in [-0.05, 0) is 43.3 Å². The highest BCUT2D eigenvalue weighted by Crippen LogP contribution is 2.50. The summed E-state index contributed by atoms with van der Waals surface area (Å²) in [6.07, 6.45) is -0.851. The minimum atomic E-state index is -3.98. The minimum Gasteiger partial charge on any atom is -0.465 e. The van der Waals surface area contributed by atoms with Crippen molar-refractivity contribution in [1.29, 1.82) is 0 Å². The third kappa shape index (κ3) is 5.38. The molecular formula is C20H19O5P. The molecule has 3 aromatic rings. The SMILES string of the molecule is CC(Oc1ccccc1)OP(=O)(Oc1ccccc1)Oc1ccccc1. The van der Waals surface area contributed by atoms with Crippen LogP contribution in [0.3, 0.4) is 0 Å². The molecule has 0 radical (unpaired) electrons. The van der Waals surface area contributed by atoms with Crippen LogP contribution in [-0.4, -0.2) is 6.29 Å². The Bertz CT molecular complexity index is 794. The molecule has 3 aromatic carbocycles. The Morgan fingerprint density at radius 2 is 1.04 bits per heavy atom. The molecule has 0 aliphatic carbocycles. The van der Waals surface area contributed by atoms with Crippen molar-refractivity contribution in [2.75, 3.05) is 0 Å². The first kappa shape index (κ1) is 18.1. The van der Waals surface area contributed by atoms with Gasteiger partial charge in [-0.25, -0.2) is 9.09 Å². The first-order valence-electron chi connectivity index (χ1n) is 8.12. The van der Waals surface area contributed by atoms with Crippen LogP contribution in [0, 0.1) is 0 Å². The van der Waals surface area contributed by atoms with Gasteiger partial charge < -0.3 is 13.8 Å². The standard InChI is InChI=1S/C20H19O5P/c1-17(22-18-11-5-2-6-12-18)23-26(21,24-19-13-7-3-8-14-19)25-20-15-9-4-10-16-20/h2-17H,1H3. The van der Waals surface area contributed by atoms with Gasteiger partial charge in [0.25, 0.3) is 0 Å². The van der Waals surface area contributed by atoms with Crippen molar-refractivity contribution < 1.29 is 22.9 Å². The number of para-hydroxylation sites is 3. The maximum absolute atomic E-state index is 13.2. The van der Waals surface area contributed by atoms with Crippen molar-refractivity contribution in [3.8, 4) is 17.2 Å². The zero-order valence-corrected chi connectivity index (χ0v) is 15.1. The lowest BCUT2D eigenvalue weighted by molar-refractivity contribution is 0.00297. The average molecular weight is 370 g/mol. The topological polar surface area (TPSA) is 54.0 Å². The van der Waals surface area contributed by atoms with Gasteiger partial charge in [-0.15, -0.1) is 0 Å². The zero-order chi connectivity index (χ0) is 18.2. The molecule has 5 nitrogen and oxygen atoms in total. The van der Waals surface area contributed by atoms with E-state index in [9.17, 15) is 4.57 Å². The summed E-state index contributed by atoms with van der Waals surface area (Å²) >= 11 is 0. The molecule has 1 unspecified atom stereocenters. The molecule has 0 saturated carbocycles. The summed E-state index contributed by atoms with van der Waals surface area (Å²) in [6, 6.07) is 26.5. The van der Waals surface area contributed by atoms with Crippen molar-refractivity contribution >= 4 is 7.82 Å². The fraction of sp³-hybridized carbons (Fsp3) is 0.100. The Morgan fingerprint density at radius 3 is 1.46 bits per heavy atom. The smallest absolute Gasteiger partial charge is 0.465 e. The Balaban J connectivity index is 1.76. The van der Waals surface area contributed by atoms with Crippen LogP contribution in [0.25, 0.3) is 0 Å². The molecule has 6 heteroatoms. The van der Waals surface area contributed by atoms with Crippen molar-refractivity contribution in [2.24, 2.45) is 0 Å². The molecule has 0 N–H and O–H groups in total. The Kier molecular flexibility index (Phi) is 5.95. The minimum absolute atomic E-state index is 0.374. The first-order valence-corrected chi connectivity index (χ1v) is 9.58. The number of hydrogen-bond donors (Lipinski definition) is 0. The molecule has 134 valence electrons. The lowest BCUT2D eigenvalue weighted by atomic mass is 10.3. The molecule has 0 fully saturated rings. The van der Waals surface area contributed by atoms with Gasteiger partial charge >= 0.3 is 7.82 Å². The highest BCUT2D eigenvalue weighted by Gasteiger charge is 2.34. The fourth-order valence-electron chi connectivity index (χ4n) is 2.18. The van der Waals surface area contributed by atoms with E-state index in [1.165, 1.54) is 0 Å². The summed E-state index contributed by atoms with van der Waals surface area (Å²) in [4.78, 5) is 0. The van der Waals surface area contributed by atoms with E-state index in [0.29, 0.717) is 17.2 Å². The largest absolute Gasteiger partial charge is 0.590 e. The van der Waals surface area contributed by atoms with Crippen molar-refractivity contribution in [2.45, 2.75) is 13.2 Å². The first-order chi connectivity index (χ1) is 12.6. The second-order valence-electron chi connectivity index (χ2n) is 5.36. The van der Waals surface area contributed by atoms with Crippen LogP contribution in [0.15, 0.2) is 91.0 Å². The van der Waals surface area contributed by atoms with Gasteiger partial charge in [-0.1, -0.05) is 54.6 Å². The van der Waals surface area contributed by atoms with Gasteiger partial charge in [0.2, 0.25) is 6.29 Å². The quantitative estimate of drug-likeness (QED) is 0.376. The highest BCUT2D eigenvalue weighted by atomic mass is 31.2. The Hall–Kier alpha value is -2.75. The molecule has 0 aromatic heterocycles. The molecule has 0 amide bonds. The van der Waals surface area contributed by atoms with Crippen molar-refractivity contribution in [1.82, 2.24) is 0 Å². The average Bonchev–Trinajstić information content (AvgIpc) is 2.63. The van der Waals surface area contributed by atoms with Crippen LogP contribution in [0.4, 0.5) is 0 Å². The number of ether oxygens (including phenoxy) is 1. The van der Waals surface area contributed by atoms with Gasteiger partial charge in [-0.2, -0.15) is 0 Å². The van der Waals surface area contributed by atoms with Crippen LogP contribution in [0.5, 0.6) is 17.2 Å². The predicted molar refractivity (Wildman–Crippen MR) is 99.4 cm³/mol. The summed E-state index contributed by atoms with van der Waals surface area (Å²) in [5.41, 5.74) is 0. The lowest BCUT2D eigenvalue weighted by Gasteiger charge is -2.22. The molecule has 0 heterocycles. The number of phosphoric acid groups is 1. The van der Waals surface area contributed by atoms with Crippen molar-refractivity contribution in [3.63, 3.8) is 0 Å². The van der Waals surface area contributed by atoms with Gasteiger partial charge in [0.15, 0.2) is 0 Å². The molecule has 0 aliphatic heterocycles. The van der Waals surface area contributed by atoms with Crippen LogP contribution < -0.4 is 13.8 Å². The highest BCUT2D eigenvalue weighted by molar-refractivity contribution is 7.49. The van der Waals surface area contributed by atoms with E-state index in [1.807, 2.05) is 30.3 Å². The van der Waals surface area contributed by atoms with E-state index in [1.54, 1.807) is 67.6 Å². The molecule has 1 atom stereocenters. The van der Waals surface area contributed by atoms with Crippen LogP contribution in [0.2, 0.25) is 0 Å². The third-order valence-electron chi connectivity index (χ3n) is 3.24. The van der Waals surface area contributed by atoms with E-state index in [2.05, 4.69) is 0 Å². The summed E-state index contributed by atoms with van der Waals surface area (Å²) < 4.78 is 35.5. The number of benzene rings is 3. The molecule has 3 rings (SSSR count). The molecular weight excluding hydrogens is 351 g/mol. The van der Waals surface area contributed by atoms with E-state index < -0.39 is 14.1 Å². The van der Waals surface area contributed by atoms with Gasteiger partial charge in [-0.3, -0.25) is 0 Å². The number of phosphoric ester groups is 1. The van der Waals surface area contributed by atoms with Crippen molar-refractivity contribution in [3.05, 3.63) is 91.0 Å². The lowest BCUT2D eigenvalue weighted by Crippen LogP contribution is -2.18. The summed E-state index contributed by atoms with van der Waals surface area (Å²) in [5, 5.41) is 0. The van der Waals surface area contributed by atoms with E-state index in [4.69, 9.17) is 18.3 Å². The predicted octanol–water partition coefficient (Wildman–Crippen LogP) is 5.69. The second-order valence-corrected chi connectivity index (χ2v) is 6.83. The maximum atomic E-state index is 13.2. The Morgan fingerprint density at radius 1 is 0.654 bits per heavy atom.